The lowest BCUT2D eigenvalue weighted by atomic mass is 10.0. The number of benzene rings is 2. The van der Waals surface area contributed by atoms with Gasteiger partial charge in [0.05, 0.1) is 34.1 Å². The number of nitrogens with zero attached hydrogens (tertiary/aromatic N) is 2. The maximum atomic E-state index is 10.6. The Morgan fingerprint density at radius 1 is 1.16 bits per heavy atom. The standard InChI is InChI=1S/C24H30Cl2N2O3/c1-24(2,3)30-16-19(29)14-28(13-17-7-5-4-6-8-17)15-20-12-23(27-31-20)18-9-10-21(25)22(26)11-18/h4-11,19-20,29H,12-16H2,1-3H3/t19-,20+/m0/s1. The molecule has 0 bridgehead atoms. The van der Waals surface area contributed by atoms with Crippen molar-refractivity contribution in [2.75, 3.05) is 19.7 Å². The molecule has 31 heavy (non-hydrogen) atoms. The van der Waals surface area contributed by atoms with Crippen LogP contribution in [0.1, 0.15) is 38.3 Å². The molecule has 5 nitrogen and oxygen atoms in total. The predicted molar refractivity (Wildman–Crippen MR) is 126 cm³/mol. The number of halogens is 2. The first kappa shape index (κ1) is 24.0. The van der Waals surface area contributed by atoms with Crippen molar-refractivity contribution >= 4 is 28.9 Å². The van der Waals surface area contributed by atoms with E-state index < -0.39 is 6.10 Å². The third-order valence-electron chi connectivity index (χ3n) is 4.87. The minimum Gasteiger partial charge on any atom is -0.390 e. The van der Waals surface area contributed by atoms with E-state index in [4.69, 9.17) is 32.8 Å². The monoisotopic (exact) mass is 464 g/mol. The van der Waals surface area contributed by atoms with Crippen molar-refractivity contribution in [3.63, 3.8) is 0 Å². The van der Waals surface area contributed by atoms with Crippen LogP contribution in [-0.2, 0) is 16.1 Å². The molecule has 1 aliphatic heterocycles. The highest BCUT2D eigenvalue weighted by atomic mass is 35.5. The van der Waals surface area contributed by atoms with Crippen LogP contribution < -0.4 is 0 Å². The molecule has 0 aromatic heterocycles. The second-order valence-electron chi connectivity index (χ2n) is 8.86. The summed E-state index contributed by atoms with van der Waals surface area (Å²) in [5, 5.41) is 15.8. The van der Waals surface area contributed by atoms with E-state index in [9.17, 15) is 5.11 Å². The molecular weight excluding hydrogens is 435 g/mol. The first-order valence-electron chi connectivity index (χ1n) is 10.5. The van der Waals surface area contributed by atoms with Gasteiger partial charge >= 0.3 is 0 Å². The van der Waals surface area contributed by atoms with Gasteiger partial charge in [-0.2, -0.15) is 0 Å². The van der Waals surface area contributed by atoms with Crippen LogP contribution in [0.2, 0.25) is 10.0 Å². The van der Waals surface area contributed by atoms with Crippen LogP contribution in [0.25, 0.3) is 0 Å². The molecule has 0 amide bonds. The van der Waals surface area contributed by atoms with Crippen LogP contribution in [0.15, 0.2) is 53.7 Å². The van der Waals surface area contributed by atoms with Crippen molar-refractivity contribution < 1.29 is 14.7 Å². The predicted octanol–water partition coefficient (Wildman–Crippen LogP) is 5.16. The normalized spacial score (nSPS) is 17.5. The Kier molecular flexibility index (Phi) is 8.36. The van der Waals surface area contributed by atoms with E-state index >= 15 is 0 Å². The van der Waals surface area contributed by atoms with E-state index in [0.717, 1.165) is 11.3 Å². The summed E-state index contributed by atoms with van der Waals surface area (Å²) in [5.41, 5.74) is 2.64. The van der Waals surface area contributed by atoms with Gasteiger partial charge in [-0.15, -0.1) is 0 Å². The first-order chi connectivity index (χ1) is 14.7. The minimum atomic E-state index is -0.597. The fourth-order valence-electron chi connectivity index (χ4n) is 3.40. The molecule has 1 heterocycles. The molecule has 0 saturated heterocycles. The molecule has 0 unspecified atom stereocenters. The molecule has 7 heteroatoms. The molecule has 0 spiro atoms. The molecule has 2 aromatic rings. The van der Waals surface area contributed by atoms with Crippen molar-refractivity contribution in [1.29, 1.82) is 0 Å². The van der Waals surface area contributed by atoms with Crippen LogP contribution in [0.4, 0.5) is 0 Å². The summed E-state index contributed by atoms with van der Waals surface area (Å²) >= 11 is 12.2. The van der Waals surface area contributed by atoms with Crippen molar-refractivity contribution in [3.05, 3.63) is 69.7 Å². The Balaban J connectivity index is 1.62. The zero-order chi connectivity index (χ0) is 22.4. The fourth-order valence-corrected chi connectivity index (χ4v) is 3.70. The van der Waals surface area contributed by atoms with Crippen LogP contribution in [-0.4, -0.2) is 53.2 Å². The first-order valence-corrected chi connectivity index (χ1v) is 11.2. The van der Waals surface area contributed by atoms with Gasteiger partial charge in [-0.25, -0.2) is 0 Å². The SMILES string of the molecule is CC(C)(C)OC[C@@H](O)CN(Cc1ccccc1)C[C@H]1CC(c2ccc(Cl)c(Cl)c2)=NO1. The Morgan fingerprint density at radius 2 is 1.90 bits per heavy atom. The summed E-state index contributed by atoms with van der Waals surface area (Å²) in [6.07, 6.45) is -0.0404. The Morgan fingerprint density at radius 3 is 2.58 bits per heavy atom. The van der Waals surface area contributed by atoms with E-state index in [0.29, 0.717) is 36.1 Å². The van der Waals surface area contributed by atoms with E-state index in [1.165, 1.54) is 5.56 Å². The van der Waals surface area contributed by atoms with Gasteiger partial charge < -0.3 is 14.7 Å². The maximum absolute atomic E-state index is 10.6. The smallest absolute Gasteiger partial charge is 0.145 e. The average Bonchev–Trinajstić information content (AvgIpc) is 3.17. The summed E-state index contributed by atoms with van der Waals surface area (Å²) in [4.78, 5) is 7.90. The number of hydrogen-bond donors (Lipinski definition) is 1. The Hall–Kier alpha value is -1.63. The van der Waals surface area contributed by atoms with Gasteiger partial charge in [-0.05, 0) is 38.5 Å². The highest BCUT2D eigenvalue weighted by molar-refractivity contribution is 6.42. The van der Waals surface area contributed by atoms with Crippen molar-refractivity contribution in [2.24, 2.45) is 5.16 Å². The number of aliphatic hydroxyl groups is 1. The van der Waals surface area contributed by atoms with Gasteiger partial charge in [0.15, 0.2) is 0 Å². The number of aliphatic hydroxyl groups excluding tert-OH is 1. The molecule has 1 aliphatic rings. The molecule has 168 valence electrons. The quantitative estimate of drug-likeness (QED) is 0.556. The van der Waals surface area contributed by atoms with Crippen LogP contribution >= 0.6 is 23.2 Å². The van der Waals surface area contributed by atoms with E-state index in [1.54, 1.807) is 6.07 Å². The van der Waals surface area contributed by atoms with Crippen molar-refractivity contribution in [1.82, 2.24) is 4.90 Å². The van der Waals surface area contributed by atoms with Crippen LogP contribution in [0.3, 0.4) is 0 Å². The maximum Gasteiger partial charge on any atom is 0.145 e. The largest absolute Gasteiger partial charge is 0.390 e. The minimum absolute atomic E-state index is 0.107. The van der Waals surface area contributed by atoms with E-state index in [-0.39, 0.29) is 18.3 Å². The lowest BCUT2D eigenvalue weighted by Crippen LogP contribution is -2.40. The van der Waals surface area contributed by atoms with E-state index in [2.05, 4.69) is 22.2 Å². The van der Waals surface area contributed by atoms with Gasteiger partial charge in [0.1, 0.15) is 6.10 Å². The molecule has 2 aromatic carbocycles. The molecule has 0 fully saturated rings. The van der Waals surface area contributed by atoms with Crippen LogP contribution in [0.5, 0.6) is 0 Å². The number of oxime groups is 1. The third-order valence-corrected chi connectivity index (χ3v) is 5.61. The molecule has 2 atom stereocenters. The highest BCUT2D eigenvalue weighted by Gasteiger charge is 2.26. The van der Waals surface area contributed by atoms with Gasteiger partial charge in [-0.3, -0.25) is 4.90 Å². The lowest BCUT2D eigenvalue weighted by molar-refractivity contribution is -0.0600. The molecule has 0 radical (unpaired) electrons. The van der Waals surface area contributed by atoms with Crippen LogP contribution in [0, 0.1) is 0 Å². The fraction of sp³-hybridized carbons (Fsp3) is 0.458. The van der Waals surface area contributed by atoms with E-state index in [1.807, 2.05) is 51.1 Å². The molecule has 3 rings (SSSR count). The number of hydrogen-bond acceptors (Lipinski definition) is 5. The number of rotatable bonds is 9. The lowest BCUT2D eigenvalue weighted by Gasteiger charge is -2.28. The van der Waals surface area contributed by atoms with Crippen molar-refractivity contribution in [3.8, 4) is 0 Å². The molecule has 1 N–H and O–H groups in total. The Labute approximate surface area is 194 Å². The van der Waals surface area contributed by atoms with Gasteiger partial charge in [0, 0.05) is 31.6 Å². The second kappa shape index (κ2) is 10.8. The molecule has 0 saturated carbocycles. The Bertz CT molecular complexity index is 884. The topological polar surface area (TPSA) is 54.3 Å². The van der Waals surface area contributed by atoms with Gasteiger partial charge in [0.25, 0.3) is 0 Å². The summed E-state index contributed by atoms with van der Waals surface area (Å²) in [5.74, 6) is 0. The highest BCUT2D eigenvalue weighted by Crippen LogP contribution is 2.26. The summed E-state index contributed by atoms with van der Waals surface area (Å²) in [6.45, 7) is 8.05. The third kappa shape index (κ3) is 7.78. The number of ether oxygens (including phenoxy) is 1. The summed E-state index contributed by atoms with van der Waals surface area (Å²) in [7, 11) is 0. The van der Waals surface area contributed by atoms with Gasteiger partial charge in [-0.1, -0.05) is 64.8 Å². The zero-order valence-electron chi connectivity index (χ0n) is 18.2. The van der Waals surface area contributed by atoms with Crippen molar-refractivity contribution in [2.45, 2.75) is 51.5 Å². The summed E-state index contributed by atoms with van der Waals surface area (Å²) in [6, 6.07) is 15.7. The summed E-state index contributed by atoms with van der Waals surface area (Å²) < 4.78 is 5.75. The molecule has 0 aliphatic carbocycles. The second-order valence-corrected chi connectivity index (χ2v) is 9.67. The average molecular weight is 465 g/mol. The zero-order valence-corrected chi connectivity index (χ0v) is 19.7. The molecular formula is C24H30Cl2N2O3. The van der Waals surface area contributed by atoms with Gasteiger partial charge in [0.2, 0.25) is 0 Å².